The van der Waals surface area contributed by atoms with Crippen LogP contribution < -0.4 is 5.43 Å². The highest BCUT2D eigenvalue weighted by molar-refractivity contribution is 7.15. The van der Waals surface area contributed by atoms with E-state index < -0.39 is 0 Å². The number of hydrogen-bond acceptors (Lipinski definition) is 5. The van der Waals surface area contributed by atoms with Gasteiger partial charge in [0.1, 0.15) is 0 Å². The van der Waals surface area contributed by atoms with Crippen LogP contribution in [0.2, 0.25) is 0 Å². The lowest BCUT2D eigenvalue weighted by molar-refractivity contribution is 0.502. The van der Waals surface area contributed by atoms with Crippen molar-refractivity contribution in [3.05, 3.63) is 40.7 Å². The predicted octanol–water partition coefficient (Wildman–Crippen LogP) is 3.11. The second kappa shape index (κ2) is 5.48. The molecule has 0 saturated heterocycles. The number of hydrogen-bond donors (Lipinski definition) is 1. The molecule has 1 aliphatic carbocycles. The fourth-order valence-electron chi connectivity index (χ4n) is 2.20. The van der Waals surface area contributed by atoms with E-state index in [4.69, 9.17) is 0 Å². The fraction of sp³-hybridized carbons (Fsp3) is 0.357. The lowest BCUT2D eigenvalue weighted by atomic mass is 9.93. The molecule has 0 amide bonds. The highest BCUT2D eigenvalue weighted by atomic mass is 32.1. The second-order valence-electron chi connectivity index (χ2n) is 4.89. The number of hydrazone groups is 1. The maximum Gasteiger partial charge on any atom is 0.203 e. The molecule has 4 nitrogen and oxygen atoms in total. The Morgan fingerprint density at radius 2 is 2.47 bits per heavy atom. The van der Waals surface area contributed by atoms with Crippen LogP contribution in [0, 0.1) is 5.92 Å². The summed E-state index contributed by atoms with van der Waals surface area (Å²) in [5, 5.41) is 5.10. The minimum absolute atomic E-state index is 0.777. The van der Waals surface area contributed by atoms with Crippen molar-refractivity contribution in [2.75, 3.05) is 5.43 Å². The van der Waals surface area contributed by atoms with Gasteiger partial charge < -0.3 is 0 Å². The summed E-state index contributed by atoms with van der Waals surface area (Å²) in [5.74, 6) is 0.777. The van der Waals surface area contributed by atoms with Gasteiger partial charge in [-0.3, -0.25) is 10.4 Å². The van der Waals surface area contributed by atoms with E-state index in [1.165, 1.54) is 17.0 Å². The molecule has 0 aromatic carbocycles. The van der Waals surface area contributed by atoms with Gasteiger partial charge in [-0.05, 0) is 31.2 Å². The number of anilines is 1. The summed E-state index contributed by atoms with van der Waals surface area (Å²) >= 11 is 1.72. The van der Waals surface area contributed by atoms with Gasteiger partial charge in [0, 0.05) is 22.8 Å². The first kappa shape index (κ1) is 12.3. The average Bonchev–Trinajstić information content (AvgIpc) is 2.82. The van der Waals surface area contributed by atoms with E-state index in [2.05, 4.69) is 27.4 Å². The molecule has 98 valence electrons. The molecule has 2 aromatic rings. The number of rotatable bonds is 3. The Balaban J connectivity index is 1.66. The van der Waals surface area contributed by atoms with Crippen molar-refractivity contribution in [2.24, 2.45) is 11.0 Å². The highest BCUT2D eigenvalue weighted by Crippen LogP contribution is 2.31. The van der Waals surface area contributed by atoms with Crippen LogP contribution in [0.1, 0.15) is 29.5 Å². The first-order valence-electron chi connectivity index (χ1n) is 6.49. The molecule has 1 aliphatic rings. The van der Waals surface area contributed by atoms with Crippen LogP contribution in [-0.4, -0.2) is 16.2 Å². The molecule has 5 heteroatoms. The van der Waals surface area contributed by atoms with Crippen LogP contribution in [0.25, 0.3) is 0 Å². The topological polar surface area (TPSA) is 50.2 Å². The van der Waals surface area contributed by atoms with Gasteiger partial charge in [0.2, 0.25) is 5.13 Å². The molecule has 1 atom stereocenters. The molecule has 0 fully saturated rings. The Labute approximate surface area is 116 Å². The van der Waals surface area contributed by atoms with Crippen LogP contribution >= 0.6 is 11.3 Å². The highest BCUT2D eigenvalue weighted by Gasteiger charge is 2.19. The number of pyridine rings is 1. The van der Waals surface area contributed by atoms with Crippen molar-refractivity contribution in [2.45, 2.75) is 26.2 Å². The Bertz CT molecular complexity index is 576. The number of thiazole rings is 1. The number of fused-ring (bicyclic) bond motifs is 1. The predicted molar refractivity (Wildman–Crippen MR) is 78.8 cm³/mol. The molecule has 0 saturated carbocycles. The van der Waals surface area contributed by atoms with E-state index in [-0.39, 0.29) is 0 Å². The molecule has 1 unspecified atom stereocenters. The molecule has 3 rings (SSSR count). The fourth-order valence-corrected chi connectivity index (χ4v) is 3.32. The van der Waals surface area contributed by atoms with Crippen LogP contribution in [-0.2, 0) is 12.8 Å². The Hall–Kier alpha value is -1.75. The first-order valence-corrected chi connectivity index (χ1v) is 7.30. The lowest BCUT2D eigenvalue weighted by Gasteiger charge is -2.15. The molecule has 2 heterocycles. The monoisotopic (exact) mass is 272 g/mol. The van der Waals surface area contributed by atoms with Gasteiger partial charge in [0.25, 0.3) is 0 Å². The number of aryl methyl sites for hydroxylation is 1. The summed E-state index contributed by atoms with van der Waals surface area (Å²) in [6.07, 6.45) is 8.79. The first-order chi connectivity index (χ1) is 9.31. The summed E-state index contributed by atoms with van der Waals surface area (Å²) in [5.41, 5.74) is 5.24. The minimum atomic E-state index is 0.777. The van der Waals surface area contributed by atoms with Crippen molar-refractivity contribution in [1.82, 2.24) is 9.97 Å². The molecule has 19 heavy (non-hydrogen) atoms. The van der Waals surface area contributed by atoms with Gasteiger partial charge in [-0.1, -0.05) is 13.0 Å². The minimum Gasteiger partial charge on any atom is -0.264 e. The van der Waals surface area contributed by atoms with Crippen molar-refractivity contribution < 1.29 is 0 Å². The normalized spacial score (nSPS) is 18.5. The van der Waals surface area contributed by atoms with Crippen LogP contribution in [0.3, 0.4) is 0 Å². The summed E-state index contributed by atoms with van der Waals surface area (Å²) in [6, 6.07) is 3.86. The smallest absolute Gasteiger partial charge is 0.203 e. The third-order valence-electron chi connectivity index (χ3n) is 3.24. The van der Waals surface area contributed by atoms with Gasteiger partial charge in [0.05, 0.1) is 11.9 Å². The van der Waals surface area contributed by atoms with Crippen LogP contribution in [0.5, 0.6) is 0 Å². The third kappa shape index (κ3) is 2.98. The molecule has 1 N–H and O–H groups in total. The van der Waals surface area contributed by atoms with Crippen molar-refractivity contribution in [1.29, 1.82) is 0 Å². The van der Waals surface area contributed by atoms with Gasteiger partial charge in [-0.25, -0.2) is 4.98 Å². The zero-order valence-corrected chi connectivity index (χ0v) is 11.7. The van der Waals surface area contributed by atoms with Crippen molar-refractivity contribution in [3.8, 4) is 0 Å². The quantitative estimate of drug-likeness (QED) is 0.690. The molecule has 2 aromatic heterocycles. The number of aromatic nitrogens is 2. The standard InChI is InChI=1S/C14H16N4S/c1-10-4-5-12-13(7-10)19-14(17-12)18-16-9-11-3-2-6-15-8-11/h2-3,6,8-10H,4-5,7H2,1H3,(H,17,18)/b16-9-. The van der Waals surface area contributed by atoms with Crippen molar-refractivity contribution >= 4 is 22.7 Å². The molecule has 0 bridgehead atoms. The van der Waals surface area contributed by atoms with Crippen molar-refractivity contribution in [3.63, 3.8) is 0 Å². The zero-order chi connectivity index (χ0) is 13.1. The van der Waals surface area contributed by atoms with Gasteiger partial charge in [-0.15, -0.1) is 11.3 Å². The van der Waals surface area contributed by atoms with E-state index in [0.29, 0.717) is 0 Å². The average molecular weight is 272 g/mol. The molecular formula is C14H16N4S. The molecule has 0 radical (unpaired) electrons. The SMILES string of the molecule is CC1CCc2nc(N/N=C\c3cccnc3)sc2C1. The van der Waals surface area contributed by atoms with Gasteiger partial charge in [-0.2, -0.15) is 5.10 Å². The zero-order valence-electron chi connectivity index (χ0n) is 10.8. The van der Waals surface area contributed by atoms with Crippen LogP contribution in [0.4, 0.5) is 5.13 Å². The van der Waals surface area contributed by atoms with Crippen LogP contribution in [0.15, 0.2) is 29.6 Å². The third-order valence-corrected chi connectivity index (χ3v) is 4.27. The molecule has 0 aliphatic heterocycles. The maximum atomic E-state index is 4.59. The Morgan fingerprint density at radius 1 is 1.53 bits per heavy atom. The Kier molecular flexibility index (Phi) is 3.55. The maximum absolute atomic E-state index is 4.59. The number of nitrogens with zero attached hydrogens (tertiary/aromatic N) is 3. The van der Waals surface area contributed by atoms with E-state index >= 15 is 0 Å². The van der Waals surface area contributed by atoms with E-state index in [9.17, 15) is 0 Å². The largest absolute Gasteiger partial charge is 0.264 e. The molecule has 0 spiro atoms. The van der Waals surface area contributed by atoms with Gasteiger partial charge >= 0.3 is 0 Å². The lowest BCUT2D eigenvalue weighted by Crippen LogP contribution is -2.09. The van der Waals surface area contributed by atoms with Gasteiger partial charge in [0.15, 0.2) is 0 Å². The van der Waals surface area contributed by atoms with E-state index in [0.717, 1.165) is 29.5 Å². The van der Waals surface area contributed by atoms with E-state index in [1.807, 2.05) is 12.1 Å². The number of nitrogens with one attached hydrogen (secondary N) is 1. The summed E-state index contributed by atoms with van der Waals surface area (Å²) < 4.78 is 0. The summed E-state index contributed by atoms with van der Waals surface area (Å²) in [6.45, 7) is 2.30. The second-order valence-corrected chi connectivity index (χ2v) is 5.98. The molecular weight excluding hydrogens is 256 g/mol. The Morgan fingerprint density at radius 3 is 3.32 bits per heavy atom. The summed E-state index contributed by atoms with van der Waals surface area (Å²) in [4.78, 5) is 10.0. The summed E-state index contributed by atoms with van der Waals surface area (Å²) in [7, 11) is 0. The van der Waals surface area contributed by atoms with E-state index in [1.54, 1.807) is 29.9 Å².